The highest BCUT2D eigenvalue weighted by molar-refractivity contribution is 6.02. The van der Waals surface area contributed by atoms with E-state index < -0.39 is 0 Å². The molecule has 1 atom stereocenters. The van der Waals surface area contributed by atoms with E-state index in [2.05, 4.69) is 53.1 Å². The highest BCUT2D eigenvalue weighted by Crippen LogP contribution is 2.17. The second kappa shape index (κ2) is 8.04. The molecular weight excluding hydrogens is 334 g/mol. The minimum atomic E-state index is -0.389. The Bertz CT molecular complexity index is 1010. The summed E-state index contributed by atoms with van der Waals surface area (Å²) in [5.41, 5.74) is 7.70. The monoisotopic (exact) mass is 359 g/mol. The van der Waals surface area contributed by atoms with Gasteiger partial charge in [0.1, 0.15) is 6.04 Å². The molecule has 3 aromatic carbocycles. The molecule has 0 fully saturated rings. The van der Waals surface area contributed by atoms with Gasteiger partial charge in [0.15, 0.2) is 0 Å². The second-order valence-corrected chi connectivity index (χ2v) is 6.92. The lowest BCUT2D eigenvalue weighted by Gasteiger charge is -2.16. The molecule has 0 saturated heterocycles. The van der Waals surface area contributed by atoms with Crippen molar-refractivity contribution >= 4 is 28.1 Å². The lowest BCUT2D eigenvalue weighted by atomic mass is 10.0. The number of amides is 1. The maximum absolute atomic E-state index is 12.4. The second-order valence-electron chi connectivity index (χ2n) is 6.92. The van der Waals surface area contributed by atoms with Gasteiger partial charge < -0.3 is 5.32 Å². The van der Waals surface area contributed by atoms with Gasteiger partial charge >= 0.3 is 0 Å². The van der Waals surface area contributed by atoms with Gasteiger partial charge in [-0.05, 0) is 61.7 Å². The Labute approximate surface area is 160 Å². The Balaban J connectivity index is 1.67. The van der Waals surface area contributed by atoms with Crippen molar-refractivity contribution in [2.75, 3.05) is 5.32 Å². The van der Waals surface area contributed by atoms with Crippen LogP contribution in [0.15, 0.2) is 65.8 Å². The molecule has 0 aromatic heterocycles. The first-order valence-electron chi connectivity index (χ1n) is 9.11. The van der Waals surface area contributed by atoms with Crippen molar-refractivity contribution in [3.05, 3.63) is 77.4 Å². The van der Waals surface area contributed by atoms with Crippen molar-refractivity contribution < 1.29 is 4.79 Å². The van der Waals surface area contributed by atoms with Crippen LogP contribution in [0.25, 0.3) is 10.8 Å². The molecule has 4 heteroatoms. The normalized spacial score (nSPS) is 12.7. The van der Waals surface area contributed by atoms with Gasteiger partial charge in [0.05, 0.1) is 5.71 Å². The van der Waals surface area contributed by atoms with E-state index in [1.807, 2.05) is 51.1 Å². The van der Waals surface area contributed by atoms with Gasteiger partial charge in [0.25, 0.3) is 5.91 Å². The molecule has 0 radical (unpaired) electrons. The minimum Gasteiger partial charge on any atom is -0.374 e. The molecule has 138 valence electrons. The summed E-state index contributed by atoms with van der Waals surface area (Å²) in [5.74, 6) is -0.171. The molecule has 0 saturated carbocycles. The van der Waals surface area contributed by atoms with E-state index in [0.717, 1.165) is 27.9 Å². The number of benzene rings is 3. The first-order valence-corrected chi connectivity index (χ1v) is 9.11. The number of fused-ring (bicyclic) bond motifs is 1. The zero-order valence-electron chi connectivity index (χ0n) is 16.2. The number of aryl methyl sites for hydroxylation is 2. The van der Waals surface area contributed by atoms with Crippen LogP contribution in [0.2, 0.25) is 0 Å². The van der Waals surface area contributed by atoms with Crippen LogP contribution in [-0.4, -0.2) is 17.7 Å². The van der Waals surface area contributed by atoms with E-state index in [-0.39, 0.29) is 11.9 Å². The number of carbonyl (C=O) groups is 1. The number of hydrogen-bond acceptors (Lipinski definition) is 3. The fraction of sp³-hybridized carbons (Fsp3) is 0.217. The molecule has 0 heterocycles. The number of anilines is 1. The highest BCUT2D eigenvalue weighted by atomic mass is 16.2. The standard InChI is InChI=1S/C23H25N3O/c1-15-9-12-22(16(2)13-15)24-18(4)23(27)26-25-17(3)20-11-10-19-7-5-6-8-21(19)14-20/h5-14,18,24H,1-4H3,(H,26,27)/b25-17-/t18-/m0/s1. The van der Waals surface area contributed by atoms with Crippen molar-refractivity contribution in [2.24, 2.45) is 5.10 Å². The Kier molecular flexibility index (Phi) is 5.55. The molecule has 0 spiro atoms. The third kappa shape index (κ3) is 4.53. The predicted octanol–water partition coefficient (Wildman–Crippen LogP) is 4.80. The van der Waals surface area contributed by atoms with Gasteiger partial charge in [-0.25, -0.2) is 5.43 Å². The van der Waals surface area contributed by atoms with Crippen LogP contribution in [0.4, 0.5) is 5.69 Å². The van der Waals surface area contributed by atoms with Crippen LogP contribution in [0.3, 0.4) is 0 Å². The highest BCUT2D eigenvalue weighted by Gasteiger charge is 2.13. The molecule has 27 heavy (non-hydrogen) atoms. The van der Waals surface area contributed by atoms with Crippen LogP contribution in [0, 0.1) is 13.8 Å². The minimum absolute atomic E-state index is 0.171. The molecule has 4 nitrogen and oxygen atoms in total. The maximum atomic E-state index is 12.4. The van der Waals surface area contributed by atoms with Crippen molar-refractivity contribution in [1.82, 2.24) is 5.43 Å². The average Bonchev–Trinajstić information content (AvgIpc) is 2.67. The van der Waals surface area contributed by atoms with Gasteiger partial charge in [0, 0.05) is 5.69 Å². The predicted molar refractivity (Wildman–Crippen MR) is 113 cm³/mol. The van der Waals surface area contributed by atoms with Crippen LogP contribution < -0.4 is 10.7 Å². The number of rotatable bonds is 5. The molecule has 3 rings (SSSR count). The number of nitrogens with one attached hydrogen (secondary N) is 2. The molecule has 0 aliphatic rings. The lowest BCUT2D eigenvalue weighted by Crippen LogP contribution is -2.35. The van der Waals surface area contributed by atoms with Crippen LogP contribution in [0.5, 0.6) is 0 Å². The molecule has 2 N–H and O–H groups in total. The van der Waals surface area contributed by atoms with E-state index in [4.69, 9.17) is 0 Å². The first-order chi connectivity index (χ1) is 12.9. The summed E-state index contributed by atoms with van der Waals surface area (Å²) in [7, 11) is 0. The van der Waals surface area contributed by atoms with Gasteiger partial charge in [-0.3, -0.25) is 4.79 Å². The van der Waals surface area contributed by atoms with Crippen molar-refractivity contribution in [2.45, 2.75) is 33.7 Å². The van der Waals surface area contributed by atoms with Crippen LogP contribution in [-0.2, 0) is 4.79 Å². The number of nitrogens with zero attached hydrogens (tertiary/aromatic N) is 1. The molecule has 0 unspecified atom stereocenters. The third-order valence-corrected chi connectivity index (χ3v) is 4.65. The van der Waals surface area contributed by atoms with Crippen molar-refractivity contribution in [3.8, 4) is 0 Å². The van der Waals surface area contributed by atoms with E-state index in [1.165, 1.54) is 10.9 Å². The molecule has 0 bridgehead atoms. The van der Waals surface area contributed by atoms with Gasteiger partial charge in [-0.1, -0.05) is 54.1 Å². The zero-order chi connectivity index (χ0) is 19.4. The van der Waals surface area contributed by atoms with Crippen molar-refractivity contribution in [1.29, 1.82) is 0 Å². The first kappa shape index (κ1) is 18.6. The Morgan fingerprint density at radius 3 is 2.44 bits per heavy atom. The van der Waals surface area contributed by atoms with Gasteiger partial charge in [-0.15, -0.1) is 0 Å². The molecule has 3 aromatic rings. The SMILES string of the molecule is C/C(=N/NC(=O)[C@H](C)Nc1ccc(C)cc1C)c1ccc2ccccc2c1. The van der Waals surface area contributed by atoms with E-state index in [0.29, 0.717) is 0 Å². The summed E-state index contributed by atoms with van der Waals surface area (Å²) in [4.78, 5) is 12.4. The number of hydrazone groups is 1. The van der Waals surface area contributed by atoms with E-state index >= 15 is 0 Å². The number of hydrogen-bond donors (Lipinski definition) is 2. The molecular formula is C23H25N3O. The topological polar surface area (TPSA) is 53.5 Å². The summed E-state index contributed by atoms with van der Waals surface area (Å²) in [6, 6.07) is 20.1. The smallest absolute Gasteiger partial charge is 0.262 e. The summed E-state index contributed by atoms with van der Waals surface area (Å²) < 4.78 is 0. The van der Waals surface area contributed by atoms with Gasteiger partial charge in [0.2, 0.25) is 0 Å². The summed E-state index contributed by atoms with van der Waals surface area (Å²) >= 11 is 0. The fourth-order valence-corrected chi connectivity index (χ4v) is 2.99. The molecule has 0 aliphatic heterocycles. The zero-order valence-corrected chi connectivity index (χ0v) is 16.2. The molecule has 1 amide bonds. The summed E-state index contributed by atoms with van der Waals surface area (Å²) in [6.07, 6.45) is 0. The Morgan fingerprint density at radius 1 is 0.963 bits per heavy atom. The maximum Gasteiger partial charge on any atom is 0.262 e. The summed E-state index contributed by atoms with van der Waals surface area (Å²) in [6.45, 7) is 7.81. The van der Waals surface area contributed by atoms with E-state index in [9.17, 15) is 4.79 Å². The average molecular weight is 359 g/mol. The van der Waals surface area contributed by atoms with Crippen LogP contribution >= 0.6 is 0 Å². The Morgan fingerprint density at radius 2 is 1.70 bits per heavy atom. The van der Waals surface area contributed by atoms with Crippen molar-refractivity contribution in [3.63, 3.8) is 0 Å². The van der Waals surface area contributed by atoms with E-state index in [1.54, 1.807) is 0 Å². The Hall–Kier alpha value is -3.14. The quantitative estimate of drug-likeness (QED) is 0.508. The fourth-order valence-electron chi connectivity index (χ4n) is 2.99. The summed E-state index contributed by atoms with van der Waals surface area (Å²) in [5, 5.41) is 9.86. The molecule has 0 aliphatic carbocycles. The third-order valence-electron chi connectivity index (χ3n) is 4.65. The van der Waals surface area contributed by atoms with Gasteiger partial charge in [-0.2, -0.15) is 5.10 Å². The largest absolute Gasteiger partial charge is 0.374 e. The lowest BCUT2D eigenvalue weighted by molar-refractivity contribution is -0.121. The van der Waals surface area contributed by atoms with Crippen LogP contribution in [0.1, 0.15) is 30.5 Å². The number of carbonyl (C=O) groups excluding carboxylic acids is 1.